The highest BCUT2D eigenvalue weighted by atomic mass is 79.9. The van der Waals surface area contributed by atoms with Crippen LogP contribution >= 0.6 is 15.9 Å². The number of aromatic amines is 1. The molecule has 1 aromatic rings. The number of nitrogens with zero attached hydrogens (tertiary/aromatic N) is 1. The van der Waals surface area contributed by atoms with Gasteiger partial charge < -0.3 is 5.11 Å². The molecule has 0 radical (unpaired) electrons. The Hall–Kier alpha value is -0.550. The first-order valence-electron chi connectivity index (χ1n) is 7.17. The van der Waals surface area contributed by atoms with Gasteiger partial charge in [-0.15, -0.1) is 0 Å². The van der Waals surface area contributed by atoms with E-state index in [0.29, 0.717) is 10.4 Å². The third kappa shape index (κ3) is 3.31. The third-order valence-electron chi connectivity index (χ3n) is 3.81. The molecule has 2 N–H and O–H groups in total. The molecule has 0 saturated heterocycles. The molecule has 0 bridgehead atoms. The van der Waals surface area contributed by atoms with Crippen LogP contribution in [-0.2, 0) is 6.42 Å². The van der Waals surface area contributed by atoms with E-state index in [4.69, 9.17) is 0 Å². The average molecular weight is 331 g/mol. The second-order valence-corrected chi connectivity index (χ2v) is 6.74. The molecule has 0 aromatic carbocycles. The molecule has 1 aliphatic rings. The Labute approximate surface area is 122 Å². The minimum atomic E-state index is -0.419. The molecule has 2 atom stereocenters. The number of H-pyrrole nitrogens is 1. The van der Waals surface area contributed by atoms with Crippen LogP contribution in [0, 0.1) is 5.92 Å². The van der Waals surface area contributed by atoms with Gasteiger partial charge in [0.2, 0.25) is 0 Å². The van der Waals surface area contributed by atoms with Crippen LogP contribution in [0.3, 0.4) is 0 Å². The smallest absolute Gasteiger partial charge is 0.281 e. The summed E-state index contributed by atoms with van der Waals surface area (Å²) < 4.78 is 2.26. The van der Waals surface area contributed by atoms with E-state index in [0.717, 1.165) is 44.2 Å². The van der Waals surface area contributed by atoms with Crippen molar-refractivity contribution in [1.29, 1.82) is 0 Å². The van der Waals surface area contributed by atoms with E-state index in [2.05, 4.69) is 34.9 Å². The van der Waals surface area contributed by atoms with Gasteiger partial charge in [0.25, 0.3) is 5.56 Å². The fraction of sp³-hybridized carbons (Fsp3) is 0.786. The molecule has 0 amide bonds. The molecule has 19 heavy (non-hydrogen) atoms. The summed E-state index contributed by atoms with van der Waals surface area (Å²) in [4.78, 5) is 12.3. The van der Waals surface area contributed by atoms with E-state index in [1.807, 2.05) is 0 Å². The lowest BCUT2D eigenvalue weighted by Gasteiger charge is -2.20. The van der Waals surface area contributed by atoms with Crippen molar-refractivity contribution in [2.24, 2.45) is 5.92 Å². The molecule has 5 heteroatoms. The number of aromatic nitrogens is 2. The van der Waals surface area contributed by atoms with E-state index < -0.39 is 6.10 Å². The van der Waals surface area contributed by atoms with E-state index >= 15 is 0 Å². The van der Waals surface area contributed by atoms with Crippen LogP contribution in [0.2, 0.25) is 0 Å². The molecule has 1 aliphatic carbocycles. The van der Waals surface area contributed by atoms with Gasteiger partial charge in [0.1, 0.15) is 4.47 Å². The van der Waals surface area contributed by atoms with Gasteiger partial charge in [-0.05, 0) is 41.1 Å². The Morgan fingerprint density at radius 3 is 2.74 bits per heavy atom. The maximum absolute atomic E-state index is 12.3. The summed E-state index contributed by atoms with van der Waals surface area (Å²) in [6.45, 7) is 4.26. The van der Waals surface area contributed by atoms with Crippen LogP contribution in [0.1, 0.15) is 57.7 Å². The van der Waals surface area contributed by atoms with Crippen molar-refractivity contribution in [3.8, 4) is 0 Å². The Kier molecular flexibility index (Phi) is 4.90. The molecule has 2 rings (SSSR count). The Morgan fingerprint density at radius 2 is 2.05 bits per heavy atom. The van der Waals surface area contributed by atoms with Gasteiger partial charge in [0.05, 0.1) is 17.8 Å². The minimum Gasteiger partial charge on any atom is -0.391 e. The van der Waals surface area contributed by atoms with Crippen LogP contribution in [-0.4, -0.2) is 21.0 Å². The van der Waals surface area contributed by atoms with Crippen molar-refractivity contribution in [1.82, 2.24) is 9.78 Å². The van der Waals surface area contributed by atoms with Crippen LogP contribution in [0.5, 0.6) is 0 Å². The Bertz CT molecular complexity index is 478. The molecular formula is C14H23BrN2O2. The monoisotopic (exact) mass is 330 g/mol. The predicted octanol–water partition coefficient (Wildman–Crippen LogP) is 3.00. The number of aliphatic hydroxyl groups excluding tert-OH is 1. The van der Waals surface area contributed by atoms with Gasteiger partial charge >= 0.3 is 0 Å². The van der Waals surface area contributed by atoms with Crippen molar-refractivity contribution < 1.29 is 5.11 Å². The molecule has 1 aromatic heterocycles. The lowest BCUT2D eigenvalue weighted by atomic mass is 10.1. The minimum absolute atomic E-state index is 0.0402. The molecule has 1 fully saturated rings. The molecule has 0 aliphatic heterocycles. The summed E-state index contributed by atoms with van der Waals surface area (Å²) >= 11 is 3.39. The molecular weight excluding hydrogens is 308 g/mol. The van der Waals surface area contributed by atoms with Crippen molar-refractivity contribution in [2.75, 3.05) is 0 Å². The van der Waals surface area contributed by atoms with Crippen LogP contribution in [0.25, 0.3) is 0 Å². The lowest BCUT2D eigenvalue weighted by molar-refractivity contribution is 0.0971. The average Bonchev–Trinajstić information content (AvgIpc) is 2.55. The van der Waals surface area contributed by atoms with Gasteiger partial charge in [-0.25, -0.2) is 4.68 Å². The molecule has 1 heterocycles. The number of aliphatic hydroxyl groups is 1. The first-order chi connectivity index (χ1) is 9.00. The first kappa shape index (κ1) is 14.9. The molecule has 108 valence electrons. The van der Waals surface area contributed by atoms with E-state index in [1.165, 1.54) is 0 Å². The lowest BCUT2D eigenvalue weighted by Crippen LogP contribution is -2.31. The van der Waals surface area contributed by atoms with E-state index in [-0.39, 0.29) is 11.6 Å². The van der Waals surface area contributed by atoms with Crippen LogP contribution in [0.4, 0.5) is 0 Å². The normalized spacial score (nSPS) is 24.7. The first-order valence-corrected chi connectivity index (χ1v) is 7.97. The number of halogens is 1. The highest BCUT2D eigenvalue weighted by molar-refractivity contribution is 9.10. The Morgan fingerprint density at radius 1 is 1.37 bits per heavy atom. The summed E-state index contributed by atoms with van der Waals surface area (Å²) in [5.74, 6) is 0.488. The van der Waals surface area contributed by atoms with E-state index in [9.17, 15) is 9.90 Å². The maximum Gasteiger partial charge on any atom is 0.281 e. The van der Waals surface area contributed by atoms with Crippen molar-refractivity contribution in [3.05, 3.63) is 20.5 Å². The van der Waals surface area contributed by atoms with Gasteiger partial charge in [0, 0.05) is 0 Å². The highest BCUT2D eigenvalue weighted by Gasteiger charge is 2.26. The van der Waals surface area contributed by atoms with Crippen molar-refractivity contribution >= 4 is 15.9 Å². The summed E-state index contributed by atoms with van der Waals surface area (Å²) in [5.41, 5.74) is 0.901. The molecule has 2 unspecified atom stereocenters. The van der Waals surface area contributed by atoms with Crippen molar-refractivity contribution in [3.63, 3.8) is 0 Å². The SMILES string of the molecule is CC(C)Cc1[nH]n(C2CCCCCC2O)c(=O)c1Br. The largest absolute Gasteiger partial charge is 0.391 e. The third-order valence-corrected chi connectivity index (χ3v) is 4.63. The van der Waals surface area contributed by atoms with Gasteiger partial charge in [0.15, 0.2) is 0 Å². The van der Waals surface area contributed by atoms with Gasteiger partial charge in [-0.2, -0.15) is 0 Å². The zero-order chi connectivity index (χ0) is 14.0. The quantitative estimate of drug-likeness (QED) is 0.837. The zero-order valence-corrected chi connectivity index (χ0v) is 13.2. The zero-order valence-electron chi connectivity index (χ0n) is 11.7. The highest BCUT2D eigenvalue weighted by Crippen LogP contribution is 2.27. The summed E-state index contributed by atoms with van der Waals surface area (Å²) in [6, 6.07) is -0.104. The number of hydrogen-bond acceptors (Lipinski definition) is 2. The predicted molar refractivity (Wildman–Crippen MR) is 79.4 cm³/mol. The number of rotatable bonds is 3. The van der Waals surface area contributed by atoms with Crippen molar-refractivity contribution in [2.45, 2.75) is 64.5 Å². The fourth-order valence-electron chi connectivity index (χ4n) is 2.83. The van der Waals surface area contributed by atoms with Crippen LogP contribution in [0.15, 0.2) is 9.27 Å². The summed E-state index contributed by atoms with van der Waals surface area (Å²) in [6.07, 6.45) is 5.34. The molecule has 0 spiro atoms. The summed E-state index contributed by atoms with van der Waals surface area (Å²) in [7, 11) is 0. The van der Waals surface area contributed by atoms with E-state index in [1.54, 1.807) is 4.68 Å². The fourth-order valence-corrected chi connectivity index (χ4v) is 3.27. The van der Waals surface area contributed by atoms with Gasteiger partial charge in [-0.1, -0.05) is 33.1 Å². The maximum atomic E-state index is 12.3. The topological polar surface area (TPSA) is 58.0 Å². The second-order valence-electron chi connectivity index (χ2n) is 5.95. The second kappa shape index (κ2) is 6.27. The molecule has 1 saturated carbocycles. The Balaban J connectivity index is 2.30. The standard InChI is InChI=1S/C14H23BrN2O2/c1-9(2)8-10-13(15)14(19)17(16-10)11-6-4-3-5-7-12(11)18/h9,11-12,16,18H,3-8H2,1-2H3. The van der Waals surface area contributed by atoms with Crippen LogP contribution < -0.4 is 5.56 Å². The summed E-state index contributed by atoms with van der Waals surface area (Å²) in [5, 5.41) is 13.4. The van der Waals surface area contributed by atoms with Gasteiger partial charge in [-0.3, -0.25) is 9.89 Å². The number of nitrogens with one attached hydrogen (secondary N) is 1. The number of hydrogen-bond donors (Lipinski definition) is 2. The molecule has 4 nitrogen and oxygen atoms in total.